The quantitative estimate of drug-likeness (QED) is 0.294. The third-order valence-electron chi connectivity index (χ3n) is 5.55. The number of thiocarbonyl (C=S) groups is 1. The Kier molecular flexibility index (Phi) is 8.07. The molecule has 2 N–H and O–H groups in total. The SMILES string of the molecule is CCOc1cc([C@H]2NC(=S)NC(c3ccc(Cl)cc3)=C2C(=O)OC)ccc1OCc1ccccc1F. The number of rotatable bonds is 8. The lowest BCUT2D eigenvalue weighted by atomic mass is 9.92. The van der Waals surface area contributed by atoms with Gasteiger partial charge in [0.15, 0.2) is 16.6 Å². The maximum atomic E-state index is 14.0. The molecule has 3 aromatic carbocycles. The predicted octanol–water partition coefficient (Wildman–Crippen LogP) is 5.56. The summed E-state index contributed by atoms with van der Waals surface area (Å²) in [6, 6.07) is 18.1. The number of nitrogens with one attached hydrogen (secondary N) is 2. The van der Waals surface area contributed by atoms with Crippen molar-refractivity contribution in [2.45, 2.75) is 19.6 Å². The molecule has 0 aromatic heterocycles. The topological polar surface area (TPSA) is 68.8 Å². The van der Waals surface area contributed by atoms with Crippen molar-refractivity contribution in [2.24, 2.45) is 0 Å². The van der Waals surface area contributed by atoms with Crippen LogP contribution in [0.3, 0.4) is 0 Å². The number of methoxy groups -OCH3 is 1. The highest BCUT2D eigenvalue weighted by molar-refractivity contribution is 7.80. The Morgan fingerprint density at radius 2 is 1.81 bits per heavy atom. The fourth-order valence-corrected chi connectivity index (χ4v) is 4.20. The third kappa shape index (κ3) is 5.61. The Bertz CT molecular complexity index is 1310. The van der Waals surface area contributed by atoms with Gasteiger partial charge in [-0.2, -0.15) is 0 Å². The van der Waals surface area contributed by atoms with Crippen LogP contribution >= 0.6 is 23.8 Å². The molecule has 0 radical (unpaired) electrons. The molecule has 3 aromatic rings. The maximum Gasteiger partial charge on any atom is 0.338 e. The van der Waals surface area contributed by atoms with E-state index >= 15 is 0 Å². The molecular weight excluding hydrogens is 503 g/mol. The van der Waals surface area contributed by atoms with Gasteiger partial charge >= 0.3 is 5.97 Å². The molecule has 1 aliphatic rings. The first-order valence-corrected chi connectivity index (χ1v) is 12.0. The number of benzene rings is 3. The highest BCUT2D eigenvalue weighted by Crippen LogP contribution is 2.37. The van der Waals surface area contributed by atoms with Gasteiger partial charge in [-0.15, -0.1) is 0 Å². The van der Waals surface area contributed by atoms with Gasteiger partial charge in [-0.25, -0.2) is 9.18 Å². The van der Waals surface area contributed by atoms with Crippen LogP contribution in [0.4, 0.5) is 4.39 Å². The van der Waals surface area contributed by atoms with E-state index in [2.05, 4.69) is 10.6 Å². The molecule has 0 fully saturated rings. The lowest BCUT2D eigenvalue weighted by Gasteiger charge is -2.31. The lowest BCUT2D eigenvalue weighted by molar-refractivity contribution is -0.136. The molecule has 0 spiro atoms. The van der Waals surface area contributed by atoms with Crippen molar-refractivity contribution in [2.75, 3.05) is 13.7 Å². The molecule has 9 heteroatoms. The van der Waals surface area contributed by atoms with Crippen molar-refractivity contribution in [3.8, 4) is 11.5 Å². The average Bonchev–Trinajstić information content (AvgIpc) is 2.88. The minimum Gasteiger partial charge on any atom is -0.490 e. The second kappa shape index (κ2) is 11.4. The zero-order valence-electron chi connectivity index (χ0n) is 19.6. The zero-order chi connectivity index (χ0) is 25.7. The normalized spacial score (nSPS) is 15.1. The van der Waals surface area contributed by atoms with E-state index in [0.29, 0.717) is 50.6 Å². The monoisotopic (exact) mass is 526 g/mol. The summed E-state index contributed by atoms with van der Waals surface area (Å²) in [5.41, 5.74) is 2.72. The lowest BCUT2D eigenvalue weighted by Crippen LogP contribution is -2.45. The molecule has 0 unspecified atom stereocenters. The summed E-state index contributed by atoms with van der Waals surface area (Å²) in [4.78, 5) is 13.0. The summed E-state index contributed by atoms with van der Waals surface area (Å²) in [5.74, 6) is 0.0316. The summed E-state index contributed by atoms with van der Waals surface area (Å²) < 4.78 is 30.9. The van der Waals surface area contributed by atoms with E-state index in [-0.39, 0.29) is 12.4 Å². The van der Waals surface area contributed by atoms with Crippen molar-refractivity contribution >= 4 is 40.6 Å². The van der Waals surface area contributed by atoms with Crippen molar-refractivity contribution in [1.82, 2.24) is 10.6 Å². The summed E-state index contributed by atoms with van der Waals surface area (Å²) in [7, 11) is 1.32. The highest BCUT2D eigenvalue weighted by Gasteiger charge is 2.33. The average molecular weight is 527 g/mol. The molecule has 0 amide bonds. The van der Waals surface area contributed by atoms with Crippen LogP contribution in [0.5, 0.6) is 11.5 Å². The molecule has 0 saturated heterocycles. The molecule has 0 bridgehead atoms. The molecule has 4 rings (SSSR count). The fraction of sp³-hybridized carbons (Fsp3) is 0.185. The van der Waals surface area contributed by atoms with Gasteiger partial charge in [0.05, 0.1) is 31.0 Å². The second-order valence-electron chi connectivity index (χ2n) is 7.84. The van der Waals surface area contributed by atoms with Gasteiger partial charge in [0, 0.05) is 10.6 Å². The van der Waals surface area contributed by atoms with Crippen LogP contribution in [0.1, 0.15) is 29.7 Å². The Labute approximate surface area is 219 Å². The van der Waals surface area contributed by atoms with Crippen LogP contribution in [0.25, 0.3) is 5.70 Å². The van der Waals surface area contributed by atoms with Crippen LogP contribution in [0, 0.1) is 5.82 Å². The smallest absolute Gasteiger partial charge is 0.338 e. The molecule has 1 heterocycles. The Morgan fingerprint density at radius 1 is 1.06 bits per heavy atom. The molecule has 1 aliphatic heterocycles. The number of carbonyl (C=O) groups is 1. The van der Waals surface area contributed by atoms with E-state index < -0.39 is 12.0 Å². The van der Waals surface area contributed by atoms with E-state index in [0.717, 1.165) is 5.56 Å². The van der Waals surface area contributed by atoms with E-state index in [1.54, 1.807) is 60.7 Å². The van der Waals surface area contributed by atoms with Crippen molar-refractivity contribution in [1.29, 1.82) is 0 Å². The molecule has 0 saturated carbocycles. The highest BCUT2D eigenvalue weighted by atomic mass is 35.5. The van der Waals surface area contributed by atoms with Gasteiger partial charge in [-0.1, -0.05) is 48.0 Å². The van der Waals surface area contributed by atoms with Crippen molar-refractivity contribution in [3.63, 3.8) is 0 Å². The second-order valence-corrected chi connectivity index (χ2v) is 8.68. The molecule has 6 nitrogen and oxygen atoms in total. The van der Waals surface area contributed by atoms with E-state index in [9.17, 15) is 9.18 Å². The number of esters is 1. The Balaban J connectivity index is 1.73. The first-order valence-electron chi connectivity index (χ1n) is 11.2. The molecule has 186 valence electrons. The Hall–Kier alpha value is -3.62. The summed E-state index contributed by atoms with van der Waals surface area (Å²) in [6.07, 6.45) is 0. The van der Waals surface area contributed by atoms with Gasteiger partial charge in [0.1, 0.15) is 12.4 Å². The first-order chi connectivity index (χ1) is 17.4. The minimum atomic E-state index is -0.628. The first kappa shape index (κ1) is 25.5. The predicted molar refractivity (Wildman–Crippen MR) is 140 cm³/mol. The van der Waals surface area contributed by atoms with Crippen LogP contribution in [-0.4, -0.2) is 24.8 Å². The van der Waals surface area contributed by atoms with E-state index in [1.165, 1.54) is 13.2 Å². The molecule has 0 aliphatic carbocycles. The van der Waals surface area contributed by atoms with Crippen LogP contribution in [-0.2, 0) is 16.1 Å². The van der Waals surface area contributed by atoms with Gasteiger partial charge in [-0.3, -0.25) is 0 Å². The summed E-state index contributed by atoms with van der Waals surface area (Å²) >= 11 is 11.5. The number of hydrogen-bond acceptors (Lipinski definition) is 5. The number of ether oxygens (including phenoxy) is 3. The standard InChI is InChI=1S/C27H24ClFN2O4S/c1-3-34-22-14-17(10-13-21(22)35-15-18-6-4-5-7-20(18)29)25-23(26(32)33-2)24(30-27(36)31-25)16-8-11-19(28)12-9-16/h4-14,25H,3,15H2,1-2H3,(H2,30,31,36)/t25-/m1/s1. The van der Waals surface area contributed by atoms with Gasteiger partial charge in [-0.05, 0) is 60.6 Å². The van der Waals surface area contributed by atoms with Gasteiger partial charge in [0.2, 0.25) is 0 Å². The van der Waals surface area contributed by atoms with Crippen LogP contribution in [0.15, 0.2) is 72.3 Å². The fourth-order valence-electron chi connectivity index (χ4n) is 3.85. The number of hydrogen-bond donors (Lipinski definition) is 2. The summed E-state index contributed by atoms with van der Waals surface area (Å²) in [6.45, 7) is 2.27. The van der Waals surface area contributed by atoms with Crippen molar-refractivity contribution in [3.05, 3.63) is 99.8 Å². The third-order valence-corrected chi connectivity index (χ3v) is 6.02. The number of carbonyl (C=O) groups excluding carboxylic acids is 1. The van der Waals surface area contributed by atoms with Gasteiger partial charge in [0.25, 0.3) is 0 Å². The summed E-state index contributed by atoms with van der Waals surface area (Å²) in [5, 5.41) is 7.14. The maximum absolute atomic E-state index is 14.0. The Morgan fingerprint density at radius 3 is 2.50 bits per heavy atom. The van der Waals surface area contributed by atoms with E-state index in [1.807, 2.05) is 6.92 Å². The molecule has 36 heavy (non-hydrogen) atoms. The molecular formula is C27H24ClFN2O4S. The number of halogens is 2. The van der Waals surface area contributed by atoms with Crippen LogP contribution in [0.2, 0.25) is 5.02 Å². The van der Waals surface area contributed by atoms with Crippen LogP contribution < -0.4 is 20.1 Å². The van der Waals surface area contributed by atoms with E-state index in [4.69, 9.17) is 38.0 Å². The van der Waals surface area contributed by atoms with Crippen molar-refractivity contribution < 1.29 is 23.4 Å². The minimum absolute atomic E-state index is 0.0375. The zero-order valence-corrected chi connectivity index (χ0v) is 21.2. The molecule has 1 atom stereocenters. The van der Waals surface area contributed by atoms with Gasteiger partial charge < -0.3 is 24.8 Å². The largest absolute Gasteiger partial charge is 0.490 e.